The molecule has 168 valence electrons. The third-order valence-corrected chi connectivity index (χ3v) is 4.82. The molecule has 0 fully saturated rings. The van der Waals surface area contributed by atoms with E-state index in [-0.39, 0.29) is 30.3 Å². The van der Waals surface area contributed by atoms with Crippen LogP contribution in [0.2, 0.25) is 0 Å². The van der Waals surface area contributed by atoms with Gasteiger partial charge in [0.25, 0.3) is 0 Å². The molecule has 32 heavy (non-hydrogen) atoms. The van der Waals surface area contributed by atoms with Crippen molar-refractivity contribution < 1.29 is 33.3 Å². The SMILES string of the molecule is CCOC(=O)C(C(=O)OCC)C1Oc2ccccc2C(=O)/C1=C\Nc1ccc(OC)cc1. The summed E-state index contributed by atoms with van der Waals surface area (Å²) in [6.45, 7) is 3.39. The van der Waals surface area contributed by atoms with Crippen LogP contribution < -0.4 is 14.8 Å². The van der Waals surface area contributed by atoms with Crippen LogP contribution in [0.25, 0.3) is 0 Å². The van der Waals surface area contributed by atoms with Crippen molar-refractivity contribution in [2.24, 2.45) is 5.92 Å². The first-order valence-electron chi connectivity index (χ1n) is 10.2. The zero-order chi connectivity index (χ0) is 23.1. The van der Waals surface area contributed by atoms with Gasteiger partial charge in [-0.3, -0.25) is 14.4 Å². The summed E-state index contributed by atoms with van der Waals surface area (Å²) in [6.07, 6.45) is 0.220. The summed E-state index contributed by atoms with van der Waals surface area (Å²) in [4.78, 5) is 38.7. The van der Waals surface area contributed by atoms with E-state index in [2.05, 4.69) is 5.32 Å². The molecule has 3 rings (SSSR count). The molecule has 1 unspecified atom stereocenters. The summed E-state index contributed by atoms with van der Waals surface area (Å²) in [5.41, 5.74) is 1.11. The van der Waals surface area contributed by atoms with Crippen molar-refractivity contribution in [3.05, 3.63) is 65.9 Å². The van der Waals surface area contributed by atoms with Crippen molar-refractivity contribution in [1.29, 1.82) is 0 Å². The molecule has 1 aliphatic rings. The van der Waals surface area contributed by atoms with Crippen LogP contribution in [0, 0.1) is 5.92 Å². The van der Waals surface area contributed by atoms with Crippen LogP contribution in [0.3, 0.4) is 0 Å². The van der Waals surface area contributed by atoms with E-state index in [1.807, 2.05) is 0 Å². The Bertz CT molecular complexity index is 995. The Morgan fingerprint density at radius 1 is 1.03 bits per heavy atom. The number of carbonyl (C=O) groups is 3. The van der Waals surface area contributed by atoms with Crippen LogP contribution >= 0.6 is 0 Å². The Labute approximate surface area is 186 Å². The number of fused-ring (bicyclic) bond motifs is 1. The van der Waals surface area contributed by atoms with E-state index in [1.54, 1.807) is 69.5 Å². The quantitative estimate of drug-likeness (QED) is 0.380. The van der Waals surface area contributed by atoms with E-state index in [1.165, 1.54) is 6.20 Å². The molecule has 0 saturated heterocycles. The molecule has 0 spiro atoms. The number of rotatable bonds is 8. The number of hydrogen-bond donors (Lipinski definition) is 1. The van der Waals surface area contributed by atoms with Crippen LogP contribution in [-0.4, -0.2) is 44.1 Å². The number of para-hydroxylation sites is 1. The molecule has 8 nitrogen and oxygen atoms in total. The summed E-state index contributed by atoms with van der Waals surface area (Å²) in [6, 6.07) is 13.7. The number of benzene rings is 2. The van der Waals surface area contributed by atoms with Gasteiger partial charge in [-0.1, -0.05) is 12.1 Å². The first kappa shape index (κ1) is 22.9. The summed E-state index contributed by atoms with van der Waals surface area (Å²) in [5, 5.41) is 3.03. The second-order valence-corrected chi connectivity index (χ2v) is 6.82. The van der Waals surface area contributed by atoms with Gasteiger partial charge in [-0.2, -0.15) is 0 Å². The van der Waals surface area contributed by atoms with Crippen molar-refractivity contribution in [2.45, 2.75) is 20.0 Å². The van der Waals surface area contributed by atoms with Crippen LogP contribution in [0.5, 0.6) is 11.5 Å². The number of carbonyl (C=O) groups excluding carboxylic acids is 3. The molecule has 8 heteroatoms. The highest BCUT2D eigenvalue weighted by molar-refractivity contribution is 6.13. The maximum absolute atomic E-state index is 13.3. The zero-order valence-electron chi connectivity index (χ0n) is 18.1. The van der Waals surface area contributed by atoms with E-state index in [0.29, 0.717) is 17.0 Å². The monoisotopic (exact) mass is 439 g/mol. The Morgan fingerprint density at radius 3 is 2.25 bits per heavy atom. The smallest absolute Gasteiger partial charge is 0.324 e. The lowest BCUT2D eigenvalue weighted by Gasteiger charge is -2.31. The van der Waals surface area contributed by atoms with E-state index >= 15 is 0 Å². The molecule has 1 atom stereocenters. The summed E-state index contributed by atoms with van der Waals surface area (Å²) < 4.78 is 21.3. The molecule has 2 aromatic rings. The van der Waals surface area contributed by atoms with Gasteiger partial charge in [-0.05, 0) is 50.2 Å². The number of ether oxygens (including phenoxy) is 4. The number of Topliss-reactive ketones (excluding diaryl/α,β-unsaturated/α-hetero) is 1. The molecular formula is C24H25NO7. The van der Waals surface area contributed by atoms with E-state index in [4.69, 9.17) is 18.9 Å². The molecular weight excluding hydrogens is 414 g/mol. The van der Waals surface area contributed by atoms with Gasteiger partial charge in [0.2, 0.25) is 0 Å². The number of nitrogens with one attached hydrogen (secondary N) is 1. The molecule has 0 saturated carbocycles. The van der Waals surface area contributed by atoms with E-state index in [0.717, 1.165) is 0 Å². The van der Waals surface area contributed by atoms with Gasteiger partial charge >= 0.3 is 11.9 Å². The first-order valence-corrected chi connectivity index (χ1v) is 10.2. The standard InChI is InChI=1S/C24H25NO7/c1-4-30-23(27)20(24(28)31-5-2)22-18(14-25-15-10-12-16(29-3)13-11-15)21(26)17-8-6-7-9-19(17)32-22/h6-14,20,22,25H,4-5H2,1-3H3/b18-14+. The van der Waals surface area contributed by atoms with Gasteiger partial charge in [0.15, 0.2) is 17.8 Å². The highest BCUT2D eigenvalue weighted by atomic mass is 16.6. The minimum Gasteiger partial charge on any atom is -0.497 e. The second-order valence-electron chi connectivity index (χ2n) is 6.82. The molecule has 1 N–H and O–H groups in total. The zero-order valence-corrected chi connectivity index (χ0v) is 18.1. The molecule has 0 aromatic heterocycles. The minimum atomic E-state index is -1.46. The largest absolute Gasteiger partial charge is 0.497 e. The van der Waals surface area contributed by atoms with Gasteiger partial charge in [0, 0.05) is 11.9 Å². The Balaban J connectivity index is 2.02. The summed E-state index contributed by atoms with van der Waals surface area (Å²) in [5.74, 6) is -2.51. The van der Waals surface area contributed by atoms with Gasteiger partial charge in [-0.15, -0.1) is 0 Å². The highest BCUT2D eigenvalue weighted by Gasteiger charge is 2.46. The van der Waals surface area contributed by atoms with Crippen LogP contribution in [0.1, 0.15) is 24.2 Å². The lowest BCUT2D eigenvalue weighted by molar-refractivity contribution is -0.165. The lowest BCUT2D eigenvalue weighted by atomic mass is 9.88. The fourth-order valence-corrected chi connectivity index (χ4v) is 3.29. The predicted octanol–water partition coefficient (Wildman–Crippen LogP) is 3.38. The molecule has 0 bridgehead atoms. The number of ketones is 1. The maximum atomic E-state index is 13.3. The van der Waals surface area contributed by atoms with Crippen LogP contribution in [0.4, 0.5) is 5.69 Å². The molecule has 1 heterocycles. The lowest BCUT2D eigenvalue weighted by Crippen LogP contribution is -2.45. The maximum Gasteiger partial charge on any atom is 0.324 e. The topological polar surface area (TPSA) is 100 Å². The first-order chi connectivity index (χ1) is 15.5. The molecule has 0 radical (unpaired) electrons. The molecule has 1 aliphatic heterocycles. The van der Waals surface area contributed by atoms with Gasteiger partial charge < -0.3 is 24.3 Å². The predicted molar refractivity (Wildman–Crippen MR) is 117 cm³/mol. The summed E-state index contributed by atoms with van der Waals surface area (Å²) >= 11 is 0. The number of esters is 2. The van der Waals surface area contributed by atoms with Crippen molar-refractivity contribution in [2.75, 3.05) is 25.6 Å². The van der Waals surface area contributed by atoms with Crippen molar-refractivity contribution in [3.63, 3.8) is 0 Å². The minimum absolute atomic E-state index is 0.0646. The van der Waals surface area contributed by atoms with Crippen molar-refractivity contribution in [3.8, 4) is 11.5 Å². The third-order valence-electron chi connectivity index (χ3n) is 4.82. The number of methoxy groups -OCH3 is 1. The van der Waals surface area contributed by atoms with Crippen molar-refractivity contribution in [1.82, 2.24) is 0 Å². The average molecular weight is 439 g/mol. The number of hydrogen-bond acceptors (Lipinski definition) is 8. The number of anilines is 1. The fraction of sp³-hybridized carbons (Fsp3) is 0.292. The Morgan fingerprint density at radius 2 is 1.66 bits per heavy atom. The summed E-state index contributed by atoms with van der Waals surface area (Å²) in [7, 11) is 1.56. The van der Waals surface area contributed by atoms with E-state index in [9.17, 15) is 14.4 Å². The second kappa shape index (κ2) is 10.5. The van der Waals surface area contributed by atoms with Crippen molar-refractivity contribution >= 4 is 23.4 Å². The highest BCUT2D eigenvalue weighted by Crippen LogP contribution is 2.34. The van der Waals surface area contributed by atoms with Gasteiger partial charge in [0.05, 0.1) is 31.5 Å². The van der Waals surface area contributed by atoms with Crippen LogP contribution in [-0.2, 0) is 19.1 Å². The van der Waals surface area contributed by atoms with Gasteiger partial charge in [0.1, 0.15) is 11.5 Å². The van der Waals surface area contributed by atoms with Crippen LogP contribution in [0.15, 0.2) is 60.3 Å². The van der Waals surface area contributed by atoms with Gasteiger partial charge in [-0.25, -0.2) is 0 Å². The molecule has 0 aliphatic carbocycles. The fourth-order valence-electron chi connectivity index (χ4n) is 3.29. The molecule has 2 aromatic carbocycles. The Kier molecular flexibility index (Phi) is 7.49. The Hall–Kier alpha value is -3.81. The molecule has 0 amide bonds. The normalized spacial score (nSPS) is 16.2. The average Bonchev–Trinajstić information content (AvgIpc) is 2.80. The third kappa shape index (κ3) is 4.91. The van der Waals surface area contributed by atoms with E-state index < -0.39 is 24.0 Å².